The van der Waals surface area contributed by atoms with E-state index in [0.717, 1.165) is 18.3 Å². The standard InChI is InChI=1S/C7H7BrF3N3S/c1-3(7(9,10)11)13-5(12)6-14-4(8)2-15-6/h2-3H,1H3,(H2,12,13)/t3-/m0/s1. The number of thiazole rings is 1. The molecule has 8 heteroatoms. The third-order valence-electron chi connectivity index (χ3n) is 1.50. The highest BCUT2D eigenvalue weighted by Crippen LogP contribution is 2.23. The maximum absolute atomic E-state index is 12.1. The number of aromatic nitrogens is 1. The summed E-state index contributed by atoms with van der Waals surface area (Å²) in [6.45, 7) is 0.940. The van der Waals surface area contributed by atoms with Crippen molar-refractivity contribution in [3.63, 3.8) is 0 Å². The number of hydrogen-bond acceptors (Lipinski definition) is 3. The molecule has 0 unspecified atom stereocenters. The van der Waals surface area contributed by atoms with Crippen molar-refractivity contribution in [3.05, 3.63) is 15.0 Å². The molecule has 0 saturated heterocycles. The second-order valence-electron chi connectivity index (χ2n) is 2.71. The van der Waals surface area contributed by atoms with Crippen molar-refractivity contribution < 1.29 is 13.2 Å². The zero-order valence-electron chi connectivity index (χ0n) is 7.55. The Balaban J connectivity index is 2.85. The molecule has 0 fully saturated rings. The van der Waals surface area contributed by atoms with Gasteiger partial charge in [0.1, 0.15) is 10.6 Å². The SMILES string of the molecule is C[C@H](N=C(N)c1nc(Br)cs1)C(F)(F)F. The zero-order chi connectivity index (χ0) is 11.6. The Bertz CT molecular complexity index is 374. The smallest absolute Gasteiger partial charge is 0.381 e. The lowest BCUT2D eigenvalue weighted by molar-refractivity contribution is -0.142. The van der Waals surface area contributed by atoms with Crippen LogP contribution in [-0.4, -0.2) is 23.0 Å². The van der Waals surface area contributed by atoms with E-state index in [0.29, 0.717) is 4.60 Å². The summed E-state index contributed by atoms with van der Waals surface area (Å²) in [4.78, 5) is 7.19. The highest BCUT2D eigenvalue weighted by molar-refractivity contribution is 9.10. The Morgan fingerprint density at radius 1 is 1.67 bits per heavy atom. The van der Waals surface area contributed by atoms with E-state index < -0.39 is 12.2 Å². The van der Waals surface area contributed by atoms with Crippen LogP contribution < -0.4 is 5.73 Å². The second kappa shape index (κ2) is 4.48. The highest BCUT2D eigenvalue weighted by atomic mass is 79.9. The normalized spacial score (nSPS) is 15.4. The highest BCUT2D eigenvalue weighted by Gasteiger charge is 2.36. The van der Waals surface area contributed by atoms with Crippen LogP contribution in [0.4, 0.5) is 13.2 Å². The predicted octanol–water partition coefficient (Wildman–Crippen LogP) is 2.56. The van der Waals surface area contributed by atoms with E-state index in [1.807, 2.05) is 0 Å². The fourth-order valence-electron chi connectivity index (χ4n) is 0.709. The number of nitrogens with two attached hydrogens (primary N) is 1. The molecule has 0 bridgehead atoms. The molecule has 0 amide bonds. The number of halogens is 4. The van der Waals surface area contributed by atoms with Gasteiger partial charge in [0.15, 0.2) is 10.8 Å². The summed E-state index contributed by atoms with van der Waals surface area (Å²) in [5, 5.41) is 1.90. The van der Waals surface area contributed by atoms with Gasteiger partial charge in [-0.15, -0.1) is 11.3 Å². The van der Waals surface area contributed by atoms with E-state index in [1.165, 1.54) is 0 Å². The molecule has 1 aromatic heterocycles. The number of rotatable bonds is 2. The molecule has 1 heterocycles. The molecular weight excluding hydrogens is 295 g/mol. The zero-order valence-corrected chi connectivity index (χ0v) is 9.95. The first-order valence-electron chi connectivity index (χ1n) is 3.82. The van der Waals surface area contributed by atoms with E-state index in [-0.39, 0.29) is 10.8 Å². The van der Waals surface area contributed by atoms with Gasteiger partial charge in [0.2, 0.25) is 0 Å². The summed E-state index contributed by atoms with van der Waals surface area (Å²) in [7, 11) is 0. The van der Waals surface area contributed by atoms with Crippen LogP contribution in [0.5, 0.6) is 0 Å². The fourth-order valence-corrected chi connectivity index (χ4v) is 1.87. The van der Waals surface area contributed by atoms with Crippen LogP contribution >= 0.6 is 27.3 Å². The van der Waals surface area contributed by atoms with Gasteiger partial charge >= 0.3 is 6.18 Å². The van der Waals surface area contributed by atoms with Gasteiger partial charge in [-0.1, -0.05) is 0 Å². The third kappa shape index (κ3) is 3.45. The molecule has 0 radical (unpaired) electrons. The lowest BCUT2D eigenvalue weighted by atomic mass is 10.3. The fraction of sp³-hybridized carbons (Fsp3) is 0.429. The van der Waals surface area contributed by atoms with Crippen molar-refractivity contribution in [1.82, 2.24) is 4.98 Å². The Hall–Kier alpha value is -0.630. The van der Waals surface area contributed by atoms with Crippen molar-refractivity contribution in [2.45, 2.75) is 19.1 Å². The molecule has 0 saturated carbocycles. The van der Waals surface area contributed by atoms with E-state index in [9.17, 15) is 13.2 Å². The molecule has 3 nitrogen and oxygen atoms in total. The van der Waals surface area contributed by atoms with Crippen LogP contribution in [0.15, 0.2) is 15.0 Å². The summed E-state index contributed by atoms with van der Waals surface area (Å²) in [6.07, 6.45) is -4.38. The molecule has 0 aliphatic rings. The van der Waals surface area contributed by atoms with E-state index in [2.05, 4.69) is 25.9 Å². The lowest BCUT2D eigenvalue weighted by Crippen LogP contribution is -2.27. The largest absolute Gasteiger partial charge is 0.410 e. The predicted molar refractivity (Wildman–Crippen MR) is 56.1 cm³/mol. The first kappa shape index (κ1) is 12.4. The number of aliphatic imine (C=N–C) groups is 1. The summed E-state index contributed by atoms with van der Waals surface area (Å²) < 4.78 is 37.0. The summed E-state index contributed by atoms with van der Waals surface area (Å²) in [6, 6.07) is -1.82. The molecule has 1 aromatic rings. The van der Waals surface area contributed by atoms with Crippen molar-refractivity contribution in [3.8, 4) is 0 Å². The molecule has 0 aromatic carbocycles. The Morgan fingerprint density at radius 2 is 2.27 bits per heavy atom. The molecule has 2 N–H and O–H groups in total. The first-order valence-corrected chi connectivity index (χ1v) is 5.49. The maximum atomic E-state index is 12.1. The molecule has 0 aliphatic heterocycles. The van der Waals surface area contributed by atoms with Crippen molar-refractivity contribution in [2.75, 3.05) is 0 Å². The van der Waals surface area contributed by atoms with Crippen LogP contribution in [0.25, 0.3) is 0 Å². The van der Waals surface area contributed by atoms with Gasteiger partial charge in [0.05, 0.1) is 0 Å². The number of alkyl halides is 3. The van der Waals surface area contributed by atoms with Gasteiger partial charge in [0.25, 0.3) is 0 Å². The van der Waals surface area contributed by atoms with E-state index >= 15 is 0 Å². The van der Waals surface area contributed by atoms with Gasteiger partial charge < -0.3 is 5.73 Å². The minimum Gasteiger partial charge on any atom is -0.381 e. The molecule has 1 atom stereocenters. The molecule has 1 rings (SSSR count). The van der Waals surface area contributed by atoms with Gasteiger partial charge in [-0.2, -0.15) is 13.2 Å². The second-order valence-corrected chi connectivity index (χ2v) is 4.38. The van der Waals surface area contributed by atoms with Crippen molar-refractivity contribution >= 4 is 33.1 Å². The summed E-state index contributed by atoms with van der Waals surface area (Å²) in [5.74, 6) is -0.199. The van der Waals surface area contributed by atoms with Crippen LogP contribution in [-0.2, 0) is 0 Å². The molecule has 84 valence electrons. The first-order chi connectivity index (χ1) is 6.80. The molecule has 0 aliphatic carbocycles. The third-order valence-corrected chi connectivity index (χ3v) is 3.08. The van der Waals surface area contributed by atoms with Gasteiger partial charge in [-0.3, -0.25) is 4.99 Å². The van der Waals surface area contributed by atoms with Crippen molar-refractivity contribution in [1.29, 1.82) is 0 Å². The van der Waals surface area contributed by atoms with Crippen LogP contribution in [0.2, 0.25) is 0 Å². The summed E-state index contributed by atoms with van der Waals surface area (Å²) in [5.41, 5.74) is 5.38. The number of nitrogens with zero attached hydrogens (tertiary/aromatic N) is 2. The van der Waals surface area contributed by atoms with Gasteiger partial charge in [-0.25, -0.2) is 4.98 Å². The lowest BCUT2D eigenvalue weighted by Gasteiger charge is -2.11. The maximum Gasteiger partial charge on any atom is 0.410 e. The van der Waals surface area contributed by atoms with E-state index in [1.54, 1.807) is 5.38 Å². The average molecular weight is 302 g/mol. The Labute approximate surface area is 96.4 Å². The van der Waals surface area contributed by atoms with Crippen LogP contribution in [0, 0.1) is 0 Å². The molecule has 0 spiro atoms. The molecular formula is C7H7BrF3N3S. The number of amidine groups is 1. The van der Waals surface area contributed by atoms with E-state index in [4.69, 9.17) is 5.73 Å². The van der Waals surface area contributed by atoms with Gasteiger partial charge in [-0.05, 0) is 22.9 Å². The van der Waals surface area contributed by atoms with Crippen molar-refractivity contribution in [2.24, 2.45) is 10.7 Å². The minimum absolute atomic E-state index is 0.199. The Morgan fingerprint density at radius 3 is 2.67 bits per heavy atom. The average Bonchev–Trinajstić information content (AvgIpc) is 2.50. The Kier molecular flexibility index (Phi) is 3.72. The molecule has 15 heavy (non-hydrogen) atoms. The van der Waals surface area contributed by atoms with Crippen LogP contribution in [0.3, 0.4) is 0 Å². The quantitative estimate of drug-likeness (QED) is 0.674. The minimum atomic E-state index is -4.38. The monoisotopic (exact) mass is 301 g/mol. The topological polar surface area (TPSA) is 51.3 Å². The summed E-state index contributed by atoms with van der Waals surface area (Å²) >= 11 is 4.20. The van der Waals surface area contributed by atoms with Crippen LogP contribution in [0.1, 0.15) is 11.9 Å². The number of hydrogen-bond donors (Lipinski definition) is 1. The van der Waals surface area contributed by atoms with Gasteiger partial charge in [0, 0.05) is 5.38 Å².